The molecule has 0 saturated carbocycles. The lowest BCUT2D eigenvalue weighted by molar-refractivity contribution is -0.136. The van der Waals surface area contributed by atoms with Gasteiger partial charge in [0.2, 0.25) is 5.91 Å². The third-order valence-corrected chi connectivity index (χ3v) is 8.62. The maximum atomic E-state index is 13.3. The van der Waals surface area contributed by atoms with Crippen LogP contribution in [0.25, 0.3) is 17.0 Å². The number of amides is 3. The Morgan fingerprint density at radius 2 is 1.69 bits per heavy atom. The minimum Gasteiger partial charge on any atom is -0.340 e. The van der Waals surface area contributed by atoms with Crippen molar-refractivity contribution < 1.29 is 14.4 Å². The van der Waals surface area contributed by atoms with Crippen molar-refractivity contribution in [1.29, 1.82) is 0 Å². The number of halogens is 1. The first-order valence-electron chi connectivity index (χ1n) is 12.8. The molecule has 1 saturated heterocycles. The van der Waals surface area contributed by atoms with Gasteiger partial charge in [0.05, 0.1) is 4.91 Å². The van der Waals surface area contributed by atoms with Gasteiger partial charge in [0, 0.05) is 46.8 Å². The van der Waals surface area contributed by atoms with Crippen LogP contribution in [0.3, 0.4) is 0 Å². The number of carbonyl (C=O) groups is 3. The van der Waals surface area contributed by atoms with Crippen molar-refractivity contribution >= 4 is 57.4 Å². The van der Waals surface area contributed by atoms with E-state index in [0.29, 0.717) is 29.6 Å². The molecule has 8 heteroatoms. The molecule has 196 valence electrons. The monoisotopic (exact) mass is 555 g/mol. The van der Waals surface area contributed by atoms with Crippen molar-refractivity contribution in [1.82, 2.24) is 14.4 Å². The average Bonchev–Trinajstić information content (AvgIpc) is 3.37. The Balaban J connectivity index is 1.25. The van der Waals surface area contributed by atoms with Crippen molar-refractivity contribution in [3.05, 3.63) is 111 Å². The molecule has 0 bridgehead atoms. The number of aromatic nitrogens is 1. The average molecular weight is 556 g/mol. The van der Waals surface area contributed by atoms with Crippen LogP contribution < -0.4 is 0 Å². The number of nitrogens with zero attached hydrogens (tertiary/aromatic N) is 3. The van der Waals surface area contributed by atoms with Crippen LogP contribution in [0.1, 0.15) is 27.9 Å². The highest BCUT2D eigenvalue weighted by atomic mass is 35.5. The number of rotatable bonds is 5. The van der Waals surface area contributed by atoms with Gasteiger partial charge in [-0.1, -0.05) is 66.2 Å². The van der Waals surface area contributed by atoms with E-state index < -0.39 is 11.1 Å². The number of thioether (sulfide) groups is 1. The molecule has 0 N–H and O–H groups in total. The second-order valence-electron chi connectivity index (χ2n) is 9.83. The molecule has 6 rings (SSSR count). The minimum absolute atomic E-state index is 0.219. The Hall–Kier alpha value is -3.81. The second-order valence-corrected chi connectivity index (χ2v) is 11.3. The van der Waals surface area contributed by atoms with E-state index in [0.717, 1.165) is 56.4 Å². The van der Waals surface area contributed by atoms with E-state index in [1.807, 2.05) is 67.6 Å². The molecule has 0 atom stereocenters. The van der Waals surface area contributed by atoms with Crippen LogP contribution in [-0.2, 0) is 29.1 Å². The van der Waals surface area contributed by atoms with E-state index in [4.69, 9.17) is 11.6 Å². The lowest BCUT2D eigenvalue weighted by atomic mass is 10.00. The van der Waals surface area contributed by atoms with Gasteiger partial charge in [-0.05, 0) is 66.1 Å². The van der Waals surface area contributed by atoms with Crippen molar-refractivity contribution in [2.75, 3.05) is 13.1 Å². The van der Waals surface area contributed by atoms with Gasteiger partial charge in [-0.3, -0.25) is 19.3 Å². The zero-order valence-electron chi connectivity index (χ0n) is 21.4. The van der Waals surface area contributed by atoms with Crippen molar-refractivity contribution in [3.63, 3.8) is 0 Å². The number of fused-ring (bicyclic) bond motifs is 2. The molecule has 0 spiro atoms. The Kier molecular flexibility index (Phi) is 6.79. The van der Waals surface area contributed by atoms with Crippen LogP contribution in [0.5, 0.6) is 0 Å². The van der Waals surface area contributed by atoms with E-state index in [1.165, 1.54) is 5.56 Å². The second kappa shape index (κ2) is 10.4. The largest absolute Gasteiger partial charge is 0.340 e. The molecule has 1 fully saturated rings. The fourth-order valence-electron chi connectivity index (χ4n) is 5.33. The van der Waals surface area contributed by atoms with Gasteiger partial charge in [-0.25, -0.2) is 0 Å². The predicted molar refractivity (Wildman–Crippen MR) is 155 cm³/mol. The zero-order chi connectivity index (χ0) is 27.1. The third kappa shape index (κ3) is 4.88. The van der Waals surface area contributed by atoms with Crippen LogP contribution in [0.4, 0.5) is 4.79 Å². The van der Waals surface area contributed by atoms with Gasteiger partial charge in [0.25, 0.3) is 11.1 Å². The maximum absolute atomic E-state index is 13.3. The quantitative estimate of drug-likeness (QED) is 0.272. The van der Waals surface area contributed by atoms with Crippen LogP contribution in [-0.4, -0.2) is 44.5 Å². The maximum Gasteiger partial charge on any atom is 0.294 e. The molecular weight excluding hydrogens is 530 g/mol. The summed E-state index contributed by atoms with van der Waals surface area (Å²) in [5.41, 5.74) is 6.37. The van der Waals surface area contributed by atoms with Crippen LogP contribution >= 0.6 is 23.4 Å². The summed E-state index contributed by atoms with van der Waals surface area (Å²) in [6.07, 6.45) is 2.56. The predicted octanol–water partition coefficient (Wildman–Crippen LogP) is 6.27. The summed E-state index contributed by atoms with van der Waals surface area (Å²) >= 11 is 6.96. The summed E-state index contributed by atoms with van der Waals surface area (Å²) in [4.78, 5) is 42.4. The Morgan fingerprint density at radius 1 is 0.974 bits per heavy atom. The van der Waals surface area contributed by atoms with Gasteiger partial charge in [0.1, 0.15) is 6.54 Å². The molecule has 6 nitrogen and oxygen atoms in total. The zero-order valence-corrected chi connectivity index (χ0v) is 23.0. The first kappa shape index (κ1) is 25.5. The Labute approximate surface area is 235 Å². The fourth-order valence-corrected chi connectivity index (χ4v) is 6.27. The summed E-state index contributed by atoms with van der Waals surface area (Å²) in [7, 11) is 0. The van der Waals surface area contributed by atoms with E-state index >= 15 is 0 Å². The standard InChI is InChI=1S/C31H26ClN3O3S/c1-20-26(25-8-4-5-9-27(25)34(20)17-21-10-12-24(32)13-11-21)16-28-30(37)35(31(38)39-28)19-29(36)33-15-14-22-6-2-3-7-23(22)18-33/h2-13,16H,14-15,17-19H2,1H3/b28-16-. The normalized spacial score (nSPS) is 16.4. The van der Waals surface area contributed by atoms with Gasteiger partial charge in [0.15, 0.2) is 0 Å². The molecule has 2 aliphatic heterocycles. The highest BCUT2D eigenvalue weighted by Crippen LogP contribution is 2.36. The number of carbonyl (C=O) groups excluding carboxylic acids is 3. The van der Waals surface area contributed by atoms with Crippen molar-refractivity contribution in [2.45, 2.75) is 26.4 Å². The van der Waals surface area contributed by atoms with Crippen molar-refractivity contribution in [3.8, 4) is 0 Å². The van der Waals surface area contributed by atoms with Gasteiger partial charge < -0.3 is 9.47 Å². The summed E-state index contributed by atoms with van der Waals surface area (Å²) in [6, 6.07) is 23.8. The lowest BCUT2D eigenvalue weighted by Gasteiger charge is -2.29. The third-order valence-electron chi connectivity index (χ3n) is 7.46. The number of hydrogen-bond acceptors (Lipinski definition) is 4. The molecule has 1 aromatic heterocycles. The number of benzene rings is 3. The van der Waals surface area contributed by atoms with E-state index in [1.54, 1.807) is 11.0 Å². The molecule has 2 aliphatic rings. The molecule has 0 aliphatic carbocycles. The van der Waals surface area contributed by atoms with Crippen LogP contribution in [0, 0.1) is 6.92 Å². The van der Waals surface area contributed by atoms with E-state index in [9.17, 15) is 14.4 Å². The lowest BCUT2D eigenvalue weighted by Crippen LogP contribution is -2.44. The SMILES string of the molecule is Cc1c(/C=C2\SC(=O)N(CC(=O)N3CCc4ccccc4C3)C2=O)c2ccccc2n1Cc1ccc(Cl)cc1. The summed E-state index contributed by atoms with van der Waals surface area (Å²) in [6.45, 7) is 3.49. The Bertz CT molecular complexity index is 1660. The smallest absolute Gasteiger partial charge is 0.294 e. The number of para-hydroxylation sites is 1. The first-order chi connectivity index (χ1) is 18.9. The topological polar surface area (TPSA) is 62.6 Å². The Morgan fingerprint density at radius 3 is 2.49 bits per heavy atom. The highest BCUT2D eigenvalue weighted by Gasteiger charge is 2.37. The molecule has 3 heterocycles. The molecule has 39 heavy (non-hydrogen) atoms. The van der Waals surface area contributed by atoms with Gasteiger partial charge in [-0.15, -0.1) is 0 Å². The van der Waals surface area contributed by atoms with Crippen LogP contribution in [0.2, 0.25) is 5.02 Å². The summed E-state index contributed by atoms with van der Waals surface area (Å²) in [5.74, 6) is -0.645. The van der Waals surface area contributed by atoms with Crippen molar-refractivity contribution in [2.24, 2.45) is 0 Å². The molecule has 3 aromatic carbocycles. The first-order valence-corrected chi connectivity index (χ1v) is 14.0. The van der Waals surface area contributed by atoms with E-state index in [2.05, 4.69) is 16.7 Å². The number of hydrogen-bond donors (Lipinski definition) is 0. The van der Waals surface area contributed by atoms with Crippen LogP contribution in [0.15, 0.2) is 77.7 Å². The molecular formula is C31H26ClN3O3S. The summed E-state index contributed by atoms with van der Waals surface area (Å²) in [5, 5.41) is 1.27. The molecule has 0 radical (unpaired) electrons. The minimum atomic E-state index is -0.426. The van der Waals surface area contributed by atoms with Gasteiger partial charge in [-0.2, -0.15) is 0 Å². The van der Waals surface area contributed by atoms with E-state index in [-0.39, 0.29) is 12.5 Å². The highest BCUT2D eigenvalue weighted by molar-refractivity contribution is 8.18. The fraction of sp³-hybridized carbons (Fsp3) is 0.194. The number of imide groups is 1. The molecule has 4 aromatic rings. The summed E-state index contributed by atoms with van der Waals surface area (Å²) < 4.78 is 2.20. The molecule has 3 amide bonds. The van der Waals surface area contributed by atoms with Gasteiger partial charge >= 0.3 is 0 Å². The molecule has 0 unspecified atom stereocenters.